The molecular weight excluding hydrogens is 388 g/mol. The van der Waals surface area contributed by atoms with Crippen LogP contribution in [-0.4, -0.2) is 29.5 Å². The summed E-state index contributed by atoms with van der Waals surface area (Å²) >= 11 is 7.13. The highest BCUT2D eigenvalue weighted by Gasteiger charge is 2.16. The summed E-state index contributed by atoms with van der Waals surface area (Å²) in [5.74, 6) is -0.419. The molecular formula is C19H19ClN2O4S. The molecule has 2 aromatic carbocycles. The summed E-state index contributed by atoms with van der Waals surface area (Å²) < 4.78 is 5.51. The van der Waals surface area contributed by atoms with Gasteiger partial charge in [-0.3, -0.25) is 25.2 Å². The summed E-state index contributed by atoms with van der Waals surface area (Å²) in [5, 5.41) is 0.624. The predicted octanol–water partition coefficient (Wildman–Crippen LogP) is 3.25. The Morgan fingerprint density at radius 1 is 1.11 bits per heavy atom. The Labute approximate surface area is 166 Å². The Balaban J connectivity index is 1.77. The molecule has 2 N–H and O–H groups in total. The van der Waals surface area contributed by atoms with Crippen LogP contribution in [0.15, 0.2) is 53.4 Å². The van der Waals surface area contributed by atoms with E-state index in [0.29, 0.717) is 16.3 Å². The summed E-state index contributed by atoms with van der Waals surface area (Å²) in [4.78, 5) is 36.2. The molecule has 0 fully saturated rings. The van der Waals surface area contributed by atoms with Gasteiger partial charge in [-0.2, -0.15) is 0 Å². The minimum absolute atomic E-state index is 0.0944. The van der Waals surface area contributed by atoms with Crippen LogP contribution in [-0.2, 0) is 9.59 Å². The normalized spacial score (nSPS) is 11.4. The zero-order chi connectivity index (χ0) is 19.8. The molecule has 8 heteroatoms. The molecule has 0 aromatic heterocycles. The van der Waals surface area contributed by atoms with Crippen LogP contribution in [0.4, 0.5) is 0 Å². The van der Waals surface area contributed by atoms with E-state index in [0.717, 1.165) is 4.90 Å². The standard InChI is InChI=1S/C19H19ClN2O4S/c1-12(23)14-4-3-5-16(10-14)26-13(2)19(25)22-21-18(24)11-27-17-8-6-15(20)7-9-17/h3-10,13H,11H2,1-2H3,(H,21,24)(H,22,25). The zero-order valence-electron chi connectivity index (χ0n) is 14.8. The summed E-state index contributed by atoms with van der Waals surface area (Å²) in [7, 11) is 0. The van der Waals surface area contributed by atoms with Gasteiger partial charge in [0.25, 0.3) is 5.91 Å². The van der Waals surface area contributed by atoms with E-state index in [1.54, 1.807) is 43.3 Å². The molecule has 142 valence electrons. The van der Waals surface area contributed by atoms with Gasteiger partial charge >= 0.3 is 0 Å². The molecule has 0 bridgehead atoms. The number of carbonyl (C=O) groups excluding carboxylic acids is 3. The molecule has 6 nitrogen and oxygen atoms in total. The minimum atomic E-state index is -0.851. The van der Waals surface area contributed by atoms with E-state index < -0.39 is 12.0 Å². The van der Waals surface area contributed by atoms with Crippen LogP contribution < -0.4 is 15.6 Å². The fraction of sp³-hybridized carbons (Fsp3) is 0.211. The van der Waals surface area contributed by atoms with Crippen molar-refractivity contribution in [3.05, 3.63) is 59.1 Å². The number of amides is 2. The number of halogens is 1. The SMILES string of the molecule is CC(=O)c1cccc(OC(C)C(=O)NNC(=O)CSc2ccc(Cl)cc2)c1. The summed E-state index contributed by atoms with van der Waals surface area (Å²) in [6.45, 7) is 3.00. The molecule has 1 atom stereocenters. The van der Waals surface area contributed by atoms with Gasteiger partial charge in [-0.05, 0) is 50.2 Å². The summed E-state index contributed by atoms with van der Waals surface area (Å²) in [6.07, 6.45) is -0.851. The molecule has 0 spiro atoms. The number of Topliss-reactive ketones (excluding diaryl/α,β-unsaturated/α-hetero) is 1. The molecule has 0 aliphatic rings. The summed E-state index contributed by atoms with van der Waals surface area (Å²) in [5.41, 5.74) is 5.15. The molecule has 0 aliphatic heterocycles. The lowest BCUT2D eigenvalue weighted by Crippen LogP contribution is -2.47. The maximum absolute atomic E-state index is 12.0. The third-order valence-electron chi connectivity index (χ3n) is 3.43. The number of thioether (sulfide) groups is 1. The largest absolute Gasteiger partial charge is 0.481 e. The van der Waals surface area contributed by atoms with E-state index >= 15 is 0 Å². The fourth-order valence-corrected chi connectivity index (χ4v) is 2.82. The first-order valence-corrected chi connectivity index (χ1v) is 9.46. The molecule has 2 aromatic rings. The van der Waals surface area contributed by atoms with Gasteiger partial charge in [-0.25, -0.2) is 0 Å². The predicted molar refractivity (Wildman–Crippen MR) is 105 cm³/mol. The Hall–Kier alpha value is -2.51. The van der Waals surface area contributed by atoms with Gasteiger partial charge in [0.05, 0.1) is 5.75 Å². The molecule has 1 unspecified atom stereocenters. The van der Waals surface area contributed by atoms with Gasteiger partial charge in [-0.1, -0.05) is 23.7 Å². The molecule has 0 aliphatic carbocycles. The average molecular weight is 407 g/mol. The van der Waals surface area contributed by atoms with Gasteiger partial charge in [0.2, 0.25) is 5.91 Å². The average Bonchev–Trinajstić information content (AvgIpc) is 2.65. The van der Waals surface area contributed by atoms with Crippen molar-refractivity contribution in [2.45, 2.75) is 24.8 Å². The van der Waals surface area contributed by atoms with Gasteiger partial charge in [0.1, 0.15) is 5.75 Å². The highest BCUT2D eigenvalue weighted by Crippen LogP contribution is 2.20. The van der Waals surface area contributed by atoms with E-state index in [1.165, 1.54) is 18.7 Å². The van der Waals surface area contributed by atoms with Crippen LogP contribution in [0.5, 0.6) is 5.75 Å². The molecule has 27 heavy (non-hydrogen) atoms. The minimum Gasteiger partial charge on any atom is -0.481 e. The van der Waals surface area contributed by atoms with E-state index in [9.17, 15) is 14.4 Å². The number of carbonyl (C=O) groups is 3. The Kier molecular flexibility index (Phi) is 7.69. The van der Waals surface area contributed by atoms with Crippen molar-refractivity contribution in [2.75, 3.05) is 5.75 Å². The van der Waals surface area contributed by atoms with E-state index in [2.05, 4.69) is 10.9 Å². The zero-order valence-corrected chi connectivity index (χ0v) is 16.4. The lowest BCUT2D eigenvalue weighted by Gasteiger charge is -2.15. The molecule has 0 heterocycles. The third-order valence-corrected chi connectivity index (χ3v) is 4.70. The number of hydrazine groups is 1. The van der Waals surface area contributed by atoms with E-state index in [4.69, 9.17) is 16.3 Å². The first kappa shape index (κ1) is 20.8. The maximum atomic E-state index is 12.0. The number of ketones is 1. The van der Waals surface area contributed by atoms with Gasteiger partial charge in [-0.15, -0.1) is 11.8 Å². The number of hydrogen-bond acceptors (Lipinski definition) is 5. The van der Waals surface area contributed by atoms with Crippen molar-refractivity contribution in [1.29, 1.82) is 0 Å². The highest BCUT2D eigenvalue weighted by atomic mass is 35.5. The van der Waals surface area contributed by atoms with E-state index in [-0.39, 0.29) is 17.4 Å². The third kappa shape index (κ3) is 6.96. The van der Waals surface area contributed by atoms with E-state index in [1.807, 2.05) is 12.1 Å². The van der Waals surface area contributed by atoms with Gasteiger partial charge in [0.15, 0.2) is 11.9 Å². The summed E-state index contributed by atoms with van der Waals surface area (Å²) in [6, 6.07) is 13.7. The number of hydrogen-bond donors (Lipinski definition) is 2. The molecule has 0 saturated carbocycles. The van der Waals surface area contributed by atoms with Crippen LogP contribution in [0.1, 0.15) is 24.2 Å². The second kappa shape index (κ2) is 9.99. The van der Waals surface area contributed by atoms with Crippen molar-refractivity contribution in [1.82, 2.24) is 10.9 Å². The van der Waals surface area contributed by atoms with Crippen molar-refractivity contribution in [2.24, 2.45) is 0 Å². The fourth-order valence-electron chi connectivity index (χ4n) is 1.99. The van der Waals surface area contributed by atoms with Crippen molar-refractivity contribution in [3.8, 4) is 5.75 Å². The van der Waals surface area contributed by atoms with Crippen molar-refractivity contribution < 1.29 is 19.1 Å². The molecule has 2 rings (SSSR count). The number of benzene rings is 2. The number of nitrogens with one attached hydrogen (secondary N) is 2. The maximum Gasteiger partial charge on any atom is 0.279 e. The second-order valence-electron chi connectivity index (χ2n) is 5.62. The lowest BCUT2D eigenvalue weighted by molar-refractivity contribution is -0.131. The first-order valence-electron chi connectivity index (χ1n) is 8.10. The van der Waals surface area contributed by atoms with Crippen LogP contribution >= 0.6 is 23.4 Å². The van der Waals surface area contributed by atoms with Crippen LogP contribution in [0.25, 0.3) is 0 Å². The topological polar surface area (TPSA) is 84.5 Å². The lowest BCUT2D eigenvalue weighted by atomic mass is 10.1. The monoisotopic (exact) mass is 406 g/mol. The van der Waals surface area contributed by atoms with Gasteiger partial charge in [0, 0.05) is 15.5 Å². The van der Waals surface area contributed by atoms with Crippen LogP contribution in [0.2, 0.25) is 5.02 Å². The quantitative estimate of drug-likeness (QED) is 0.419. The number of rotatable bonds is 7. The first-order chi connectivity index (χ1) is 12.8. The van der Waals surface area contributed by atoms with Gasteiger partial charge < -0.3 is 4.74 Å². The molecule has 0 radical (unpaired) electrons. The smallest absolute Gasteiger partial charge is 0.279 e. The Morgan fingerprint density at radius 3 is 2.48 bits per heavy atom. The van der Waals surface area contributed by atoms with Crippen LogP contribution in [0, 0.1) is 0 Å². The van der Waals surface area contributed by atoms with Crippen molar-refractivity contribution >= 4 is 41.0 Å². The van der Waals surface area contributed by atoms with Crippen molar-refractivity contribution in [3.63, 3.8) is 0 Å². The molecule has 2 amide bonds. The number of ether oxygens (including phenoxy) is 1. The second-order valence-corrected chi connectivity index (χ2v) is 7.11. The highest BCUT2D eigenvalue weighted by molar-refractivity contribution is 8.00. The van der Waals surface area contributed by atoms with Crippen LogP contribution in [0.3, 0.4) is 0 Å². The molecule has 0 saturated heterocycles. The Bertz CT molecular complexity index is 827. The Morgan fingerprint density at radius 2 is 1.81 bits per heavy atom.